The van der Waals surface area contributed by atoms with Gasteiger partial charge < -0.3 is 10.2 Å². The lowest BCUT2D eigenvalue weighted by atomic mass is 9.78. The highest BCUT2D eigenvalue weighted by Crippen LogP contribution is 2.50. The Hall–Kier alpha value is -0.0700. The molecule has 1 fully saturated rings. The van der Waals surface area contributed by atoms with Crippen molar-refractivity contribution >= 4 is 34.2 Å². The number of aliphatic hydroxyl groups is 1. The Morgan fingerprint density at radius 2 is 2.25 bits per heavy atom. The topological polar surface area (TPSA) is 53.4 Å². The van der Waals surface area contributed by atoms with Crippen LogP contribution in [-0.4, -0.2) is 21.8 Å². The second-order valence-corrected chi connectivity index (χ2v) is 5.95. The molecule has 1 aromatic heterocycles. The van der Waals surface area contributed by atoms with Gasteiger partial charge in [0.05, 0.1) is 6.61 Å². The van der Waals surface area contributed by atoms with E-state index in [0.29, 0.717) is 11.5 Å². The van der Waals surface area contributed by atoms with Crippen molar-refractivity contribution < 1.29 is 10.2 Å². The molecule has 0 radical (unpaired) electrons. The van der Waals surface area contributed by atoms with Crippen LogP contribution in [-0.2, 0) is 5.41 Å². The van der Waals surface area contributed by atoms with Crippen LogP contribution in [0.3, 0.4) is 0 Å². The molecule has 1 atom stereocenters. The number of halogens is 2. The molecule has 0 aromatic carbocycles. The summed E-state index contributed by atoms with van der Waals surface area (Å²) in [4.78, 5) is 3.98. The fourth-order valence-electron chi connectivity index (χ4n) is 2.07. The largest absolute Gasteiger partial charge is 0.504 e. The summed E-state index contributed by atoms with van der Waals surface area (Å²) in [6.45, 7) is 1.98. The van der Waals surface area contributed by atoms with Crippen molar-refractivity contribution in [3.63, 3.8) is 0 Å². The Kier molecular flexibility index (Phi) is 3.34. The minimum absolute atomic E-state index is 0.00512. The number of rotatable bonds is 3. The molecular weight excluding hydrogens is 340 g/mol. The van der Waals surface area contributed by atoms with Crippen molar-refractivity contribution in [1.82, 2.24) is 4.98 Å². The van der Waals surface area contributed by atoms with Crippen LogP contribution >= 0.6 is 34.2 Å². The zero-order chi connectivity index (χ0) is 11.9. The maximum absolute atomic E-state index is 9.96. The van der Waals surface area contributed by atoms with Crippen molar-refractivity contribution in [3.8, 4) is 5.75 Å². The molecule has 0 spiro atoms. The van der Waals surface area contributed by atoms with Crippen molar-refractivity contribution in [2.45, 2.75) is 25.2 Å². The minimum Gasteiger partial charge on any atom is -0.504 e. The van der Waals surface area contributed by atoms with E-state index in [-0.39, 0.29) is 17.5 Å². The van der Waals surface area contributed by atoms with E-state index in [0.717, 1.165) is 16.5 Å². The summed E-state index contributed by atoms with van der Waals surface area (Å²) in [5.74, 6) is 0.434. The number of pyridine rings is 1. The van der Waals surface area contributed by atoms with Crippen LogP contribution in [0, 0.1) is 9.62 Å². The van der Waals surface area contributed by atoms with E-state index in [1.165, 1.54) is 0 Å². The SMILES string of the molecule is C[C@](CO)(c1cc(I)nc(Cl)c1O)C1CC1. The number of aliphatic hydroxyl groups excluding tert-OH is 1. The lowest BCUT2D eigenvalue weighted by Gasteiger charge is -2.28. The highest BCUT2D eigenvalue weighted by atomic mass is 127. The maximum atomic E-state index is 9.96. The normalized spacial score (nSPS) is 19.5. The Morgan fingerprint density at radius 3 is 2.75 bits per heavy atom. The third-order valence-corrected chi connectivity index (χ3v) is 4.16. The van der Waals surface area contributed by atoms with E-state index < -0.39 is 5.41 Å². The van der Waals surface area contributed by atoms with Crippen molar-refractivity contribution in [2.24, 2.45) is 5.92 Å². The van der Waals surface area contributed by atoms with E-state index in [2.05, 4.69) is 27.6 Å². The molecule has 1 aromatic rings. The van der Waals surface area contributed by atoms with Gasteiger partial charge in [-0.3, -0.25) is 0 Å². The monoisotopic (exact) mass is 353 g/mol. The summed E-state index contributed by atoms with van der Waals surface area (Å²) in [5.41, 5.74) is 0.304. The highest BCUT2D eigenvalue weighted by Gasteiger charge is 2.44. The van der Waals surface area contributed by atoms with Gasteiger partial charge in [-0.2, -0.15) is 0 Å². The molecule has 1 aliphatic carbocycles. The van der Waals surface area contributed by atoms with E-state index in [1.54, 1.807) is 6.07 Å². The molecule has 2 N–H and O–H groups in total. The van der Waals surface area contributed by atoms with Crippen LogP contribution in [0.25, 0.3) is 0 Å². The average molecular weight is 354 g/mol. The van der Waals surface area contributed by atoms with Gasteiger partial charge in [0, 0.05) is 11.0 Å². The van der Waals surface area contributed by atoms with Gasteiger partial charge in [0.25, 0.3) is 0 Å². The molecule has 0 aliphatic heterocycles. The van der Waals surface area contributed by atoms with Crippen LogP contribution < -0.4 is 0 Å². The standard InChI is InChI=1S/C11H13ClINO2/c1-11(5-15,6-2-3-6)7-4-8(13)14-10(12)9(7)16/h4,6,15-16H,2-3,5H2,1H3/t11-/m1/s1. The summed E-state index contributed by atoms with van der Waals surface area (Å²) in [6.07, 6.45) is 2.18. The van der Waals surface area contributed by atoms with E-state index in [9.17, 15) is 10.2 Å². The summed E-state index contributed by atoms with van der Waals surface area (Å²) >= 11 is 7.92. The first-order valence-corrected chi connectivity index (χ1v) is 6.61. The molecular formula is C11H13ClINO2. The van der Waals surface area contributed by atoms with Crippen molar-refractivity contribution in [3.05, 3.63) is 20.5 Å². The van der Waals surface area contributed by atoms with Crippen molar-refractivity contribution in [2.75, 3.05) is 6.61 Å². The summed E-state index contributed by atoms with van der Waals surface area (Å²) in [6, 6.07) is 1.80. The van der Waals surface area contributed by atoms with Gasteiger partial charge in [-0.15, -0.1) is 0 Å². The summed E-state index contributed by atoms with van der Waals surface area (Å²) in [7, 11) is 0. The van der Waals surface area contributed by atoms with E-state index >= 15 is 0 Å². The first kappa shape index (κ1) is 12.4. The Labute approximate surface area is 113 Å². The van der Waals surface area contributed by atoms with E-state index in [1.807, 2.05) is 6.92 Å². The van der Waals surface area contributed by atoms with Crippen LogP contribution in [0.1, 0.15) is 25.3 Å². The van der Waals surface area contributed by atoms with Gasteiger partial charge in [-0.25, -0.2) is 4.98 Å². The lowest BCUT2D eigenvalue weighted by molar-refractivity contribution is 0.183. The quantitative estimate of drug-likeness (QED) is 0.649. The average Bonchev–Trinajstić information content (AvgIpc) is 3.06. The summed E-state index contributed by atoms with van der Waals surface area (Å²) < 4.78 is 0.732. The molecule has 5 heteroatoms. The number of aromatic hydroxyl groups is 1. The predicted molar refractivity (Wildman–Crippen MR) is 70.8 cm³/mol. The second-order valence-electron chi connectivity index (χ2n) is 4.48. The minimum atomic E-state index is -0.406. The first-order chi connectivity index (χ1) is 7.49. The highest BCUT2D eigenvalue weighted by molar-refractivity contribution is 14.1. The van der Waals surface area contributed by atoms with Gasteiger partial charge in [0.1, 0.15) is 3.70 Å². The fraction of sp³-hybridized carbons (Fsp3) is 0.545. The van der Waals surface area contributed by atoms with Crippen molar-refractivity contribution in [1.29, 1.82) is 0 Å². The Bertz CT molecular complexity index is 423. The molecule has 1 aliphatic rings. The van der Waals surface area contributed by atoms with E-state index in [4.69, 9.17) is 11.6 Å². The van der Waals surface area contributed by atoms with Crippen LogP contribution in [0.4, 0.5) is 0 Å². The second kappa shape index (κ2) is 4.31. The van der Waals surface area contributed by atoms with Crippen LogP contribution in [0.15, 0.2) is 6.07 Å². The van der Waals surface area contributed by atoms with Crippen LogP contribution in [0.2, 0.25) is 5.15 Å². The molecule has 1 heterocycles. The number of hydrogen-bond donors (Lipinski definition) is 2. The molecule has 0 bridgehead atoms. The zero-order valence-corrected chi connectivity index (χ0v) is 11.8. The van der Waals surface area contributed by atoms with Gasteiger partial charge in [0.15, 0.2) is 10.9 Å². The Balaban J connectivity index is 2.53. The van der Waals surface area contributed by atoms with Gasteiger partial charge >= 0.3 is 0 Å². The smallest absolute Gasteiger partial charge is 0.172 e. The molecule has 3 nitrogen and oxygen atoms in total. The third-order valence-electron chi connectivity index (χ3n) is 3.34. The Morgan fingerprint density at radius 1 is 1.62 bits per heavy atom. The predicted octanol–water partition coefficient (Wildman–Crippen LogP) is 2.71. The zero-order valence-electron chi connectivity index (χ0n) is 8.87. The molecule has 2 rings (SSSR count). The molecule has 0 saturated heterocycles. The number of hydrogen-bond acceptors (Lipinski definition) is 3. The fourth-order valence-corrected chi connectivity index (χ4v) is 2.96. The molecule has 1 saturated carbocycles. The third kappa shape index (κ3) is 2.02. The van der Waals surface area contributed by atoms with Gasteiger partial charge in [0.2, 0.25) is 0 Å². The first-order valence-electron chi connectivity index (χ1n) is 5.15. The van der Waals surface area contributed by atoms with Gasteiger partial charge in [-0.1, -0.05) is 18.5 Å². The maximum Gasteiger partial charge on any atom is 0.172 e. The molecule has 0 unspecified atom stereocenters. The molecule has 0 amide bonds. The molecule has 16 heavy (non-hydrogen) atoms. The number of aromatic nitrogens is 1. The van der Waals surface area contributed by atoms with Crippen LogP contribution in [0.5, 0.6) is 5.75 Å². The number of nitrogens with zero attached hydrogens (tertiary/aromatic N) is 1. The molecule has 88 valence electrons. The van der Waals surface area contributed by atoms with Gasteiger partial charge in [-0.05, 0) is 47.4 Å². The summed E-state index contributed by atoms with van der Waals surface area (Å²) in [5, 5.41) is 19.6. The lowest BCUT2D eigenvalue weighted by Crippen LogP contribution is -2.29.